The predicted molar refractivity (Wildman–Crippen MR) is 143 cm³/mol. The lowest BCUT2D eigenvalue weighted by molar-refractivity contribution is -0.142. The molecule has 0 bridgehead atoms. The molecule has 35 heavy (non-hydrogen) atoms. The van der Waals surface area contributed by atoms with Crippen LogP contribution in [-0.2, 0) is 22.6 Å². The van der Waals surface area contributed by atoms with Crippen molar-refractivity contribution in [2.75, 3.05) is 13.2 Å². The molecule has 3 rings (SSSR count). The lowest BCUT2D eigenvalue weighted by Crippen LogP contribution is -2.51. The second-order valence-electron chi connectivity index (χ2n) is 8.60. The summed E-state index contributed by atoms with van der Waals surface area (Å²) in [7, 11) is 0. The van der Waals surface area contributed by atoms with Crippen molar-refractivity contribution in [2.45, 2.75) is 45.7 Å². The van der Waals surface area contributed by atoms with E-state index in [1.807, 2.05) is 85.8 Å². The zero-order chi connectivity index (χ0) is 25.0. The number of carbonyl (C=O) groups is 2. The third-order valence-corrected chi connectivity index (χ3v) is 6.22. The van der Waals surface area contributed by atoms with Crippen molar-refractivity contribution < 1.29 is 14.3 Å². The maximum Gasteiger partial charge on any atom is 0.261 e. The van der Waals surface area contributed by atoms with Crippen LogP contribution in [-0.4, -0.2) is 35.9 Å². The van der Waals surface area contributed by atoms with Crippen LogP contribution >= 0.6 is 15.9 Å². The van der Waals surface area contributed by atoms with Gasteiger partial charge >= 0.3 is 0 Å². The molecular weight excluding hydrogens is 504 g/mol. The average Bonchev–Trinajstić information content (AvgIpc) is 2.86. The van der Waals surface area contributed by atoms with E-state index in [0.717, 1.165) is 34.0 Å². The highest BCUT2D eigenvalue weighted by atomic mass is 79.9. The molecule has 3 aromatic carbocycles. The SMILES string of the molecule is CCCCNC(=O)[C@@H](Cc1ccccc1)N(Cc1cccc(Br)c1)C(=O)COc1ccc(C)cc1. The van der Waals surface area contributed by atoms with Gasteiger partial charge in [-0.2, -0.15) is 0 Å². The number of nitrogens with zero attached hydrogens (tertiary/aromatic N) is 1. The minimum Gasteiger partial charge on any atom is -0.484 e. The Balaban J connectivity index is 1.87. The lowest BCUT2D eigenvalue weighted by Gasteiger charge is -2.31. The minimum absolute atomic E-state index is 0.148. The quantitative estimate of drug-likeness (QED) is 0.302. The fourth-order valence-electron chi connectivity index (χ4n) is 3.75. The summed E-state index contributed by atoms with van der Waals surface area (Å²) in [6.45, 7) is 4.82. The Labute approximate surface area is 216 Å². The number of rotatable bonds is 12. The van der Waals surface area contributed by atoms with Crippen LogP contribution < -0.4 is 10.1 Å². The summed E-state index contributed by atoms with van der Waals surface area (Å²) >= 11 is 3.51. The standard InChI is InChI=1S/C29H33BrN2O3/c1-3-4-17-31-29(34)27(19-23-9-6-5-7-10-23)32(20-24-11-8-12-25(30)18-24)28(33)21-35-26-15-13-22(2)14-16-26/h5-16,18,27H,3-4,17,19-21H2,1-2H3,(H,31,34)/t27-/m1/s1. The second-order valence-corrected chi connectivity index (χ2v) is 9.52. The van der Waals surface area contributed by atoms with Gasteiger partial charge in [-0.05, 0) is 48.7 Å². The fourth-order valence-corrected chi connectivity index (χ4v) is 4.20. The number of carbonyl (C=O) groups excluding carboxylic acids is 2. The van der Waals surface area contributed by atoms with E-state index in [4.69, 9.17) is 4.74 Å². The Morgan fingerprint density at radius 3 is 2.37 bits per heavy atom. The molecule has 1 atom stereocenters. The molecular formula is C29H33BrN2O3. The van der Waals surface area contributed by atoms with Gasteiger partial charge in [0.1, 0.15) is 11.8 Å². The predicted octanol–water partition coefficient (Wildman–Crippen LogP) is 5.69. The van der Waals surface area contributed by atoms with Gasteiger partial charge in [0.25, 0.3) is 5.91 Å². The summed E-state index contributed by atoms with van der Waals surface area (Å²) in [6, 6.07) is 24.5. The van der Waals surface area contributed by atoms with E-state index in [1.165, 1.54) is 0 Å². The number of hydrogen-bond donors (Lipinski definition) is 1. The van der Waals surface area contributed by atoms with Gasteiger partial charge in [0.05, 0.1) is 0 Å². The molecule has 2 amide bonds. The van der Waals surface area contributed by atoms with Crippen molar-refractivity contribution in [1.29, 1.82) is 0 Å². The van der Waals surface area contributed by atoms with Crippen LogP contribution in [0.1, 0.15) is 36.5 Å². The Kier molecular flexibility index (Phi) is 10.4. The van der Waals surface area contributed by atoms with Crippen molar-refractivity contribution in [2.24, 2.45) is 0 Å². The summed E-state index contributed by atoms with van der Waals surface area (Å²) in [5, 5.41) is 3.03. The van der Waals surface area contributed by atoms with Gasteiger partial charge < -0.3 is 15.0 Å². The van der Waals surface area contributed by atoms with E-state index >= 15 is 0 Å². The monoisotopic (exact) mass is 536 g/mol. The molecule has 0 aliphatic rings. The van der Waals surface area contributed by atoms with Crippen molar-refractivity contribution in [1.82, 2.24) is 10.2 Å². The largest absolute Gasteiger partial charge is 0.484 e. The molecule has 0 heterocycles. The Morgan fingerprint density at radius 2 is 1.69 bits per heavy atom. The number of amides is 2. The maximum absolute atomic E-state index is 13.5. The molecule has 0 aliphatic heterocycles. The smallest absolute Gasteiger partial charge is 0.261 e. The lowest BCUT2D eigenvalue weighted by atomic mass is 10.0. The van der Waals surface area contributed by atoms with E-state index in [0.29, 0.717) is 25.3 Å². The highest BCUT2D eigenvalue weighted by Crippen LogP contribution is 2.19. The highest BCUT2D eigenvalue weighted by Gasteiger charge is 2.30. The fraction of sp³-hybridized carbons (Fsp3) is 0.310. The molecule has 0 aliphatic carbocycles. The van der Waals surface area contributed by atoms with Gasteiger partial charge in [-0.15, -0.1) is 0 Å². The van der Waals surface area contributed by atoms with E-state index in [1.54, 1.807) is 4.90 Å². The first kappa shape index (κ1) is 26.5. The van der Waals surface area contributed by atoms with Gasteiger partial charge in [-0.3, -0.25) is 9.59 Å². The van der Waals surface area contributed by atoms with Gasteiger partial charge in [0, 0.05) is 24.0 Å². The van der Waals surface area contributed by atoms with Crippen LogP contribution in [0.25, 0.3) is 0 Å². The molecule has 0 spiro atoms. The molecule has 5 nitrogen and oxygen atoms in total. The average molecular weight is 537 g/mol. The third kappa shape index (κ3) is 8.55. The number of benzene rings is 3. The van der Waals surface area contributed by atoms with Crippen molar-refractivity contribution >= 4 is 27.7 Å². The summed E-state index contributed by atoms with van der Waals surface area (Å²) in [5.74, 6) is 0.233. The van der Waals surface area contributed by atoms with E-state index < -0.39 is 6.04 Å². The summed E-state index contributed by atoms with van der Waals surface area (Å²) in [6.07, 6.45) is 2.29. The molecule has 0 unspecified atom stereocenters. The topological polar surface area (TPSA) is 58.6 Å². The normalized spacial score (nSPS) is 11.5. The molecule has 0 aromatic heterocycles. The Hall–Kier alpha value is -3.12. The first-order valence-corrected chi connectivity index (χ1v) is 12.8. The van der Waals surface area contributed by atoms with Crippen molar-refractivity contribution in [3.05, 3.63) is 100 Å². The van der Waals surface area contributed by atoms with Crippen LogP contribution in [0, 0.1) is 6.92 Å². The number of nitrogens with one attached hydrogen (secondary N) is 1. The number of unbranched alkanes of at least 4 members (excludes halogenated alkanes) is 1. The number of halogens is 1. The molecule has 6 heteroatoms. The first-order chi connectivity index (χ1) is 17.0. The maximum atomic E-state index is 13.5. The van der Waals surface area contributed by atoms with Crippen LogP contribution in [0.5, 0.6) is 5.75 Å². The number of aryl methyl sites for hydroxylation is 1. The van der Waals surface area contributed by atoms with Crippen LogP contribution in [0.2, 0.25) is 0 Å². The van der Waals surface area contributed by atoms with E-state index in [2.05, 4.69) is 28.2 Å². The molecule has 1 N–H and O–H groups in total. The highest BCUT2D eigenvalue weighted by molar-refractivity contribution is 9.10. The number of hydrogen-bond acceptors (Lipinski definition) is 3. The summed E-state index contributed by atoms with van der Waals surface area (Å²) in [4.78, 5) is 28.6. The third-order valence-electron chi connectivity index (χ3n) is 5.73. The Bertz CT molecular complexity index is 1090. The minimum atomic E-state index is -0.664. The molecule has 0 fully saturated rings. The summed E-state index contributed by atoms with van der Waals surface area (Å²) in [5.41, 5.74) is 3.05. The van der Waals surface area contributed by atoms with Crippen LogP contribution in [0.15, 0.2) is 83.3 Å². The number of ether oxygens (including phenoxy) is 1. The first-order valence-electron chi connectivity index (χ1n) is 12.0. The van der Waals surface area contributed by atoms with Gasteiger partial charge in [0.15, 0.2) is 6.61 Å². The van der Waals surface area contributed by atoms with Gasteiger partial charge in [-0.25, -0.2) is 0 Å². The molecule has 184 valence electrons. The molecule has 3 aromatic rings. The van der Waals surface area contributed by atoms with Crippen LogP contribution in [0.4, 0.5) is 0 Å². The Morgan fingerprint density at radius 1 is 0.971 bits per heavy atom. The van der Waals surface area contributed by atoms with Gasteiger partial charge in [0.2, 0.25) is 5.91 Å². The zero-order valence-corrected chi connectivity index (χ0v) is 22.0. The molecule has 0 saturated heterocycles. The molecule has 0 saturated carbocycles. The van der Waals surface area contributed by atoms with Gasteiger partial charge in [-0.1, -0.05) is 89.4 Å². The van der Waals surface area contributed by atoms with E-state index in [9.17, 15) is 9.59 Å². The van der Waals surface area contributed by atoms with E-state index in [-0.39, 0.29) is 18.4 Å². The van der Waals surface area contributed by atoms with Crippen molar-refractivity contribution in [3.8, 4) is 5.75 Å². The molecule has 0 radical (unpaired) electrons. The van der Waals surface area contributed by atoms with Crippen LogP contribution in [0.3, 0.4) is 0 Å². The summed E-state index contributed by atoms with van der Waals surface area (Å²) < 4.78 is 6.73. The zero-order valence-electron chi connectivity index (χ0n) is 20.4. The second kappa shape index (κ2) is 13.7. The van der Waals surface area contributed by atoms with Crippen molar-refractivity contribution in [3.63, 3.8) is 0 Å².